The quantitative estimate of drug-likeness (QED) is 0.759. The summed E-state index contributed by atoms with van der Waals surface area (Å²) in [6.45, 7) is 0. The molecule has 0 aliphatic carbocycles. The monoisotopic (exact) mass is 313 g/mol. The Balaban J connectivity index is 1.93. The number of benzene rings is 1. The van der Waals surface area contributed by atoms with E-state index >= 15 is 0 Å². The highest BCUT2D eigenvalue weighted by Gasteiger charge is 2.10. The topological polar surface area (TPSA) is 12.0 Å². The Labute approximate surface area is 128 Å². The third kappa shape index (κ3) is 4.22. The van der Waals surface area contributed by atoms with E-state index < -0.39 is 0 Å². The average Bonchev–Trinajstić information content (AvgIpc) is 2.91. The molecule has 0 bridgehead atoms. The normalized spacial score (nSPS) is 12.6. The van der Waals surface area contributed by atoms with Gasteiger partial charge >= 0.3 is 0 Å². The molecule has 1 aromatic heterocycles. The molecule has 1 unspecified atom stereocenters. The van der Waals surface area contributed by atoms with E-state index in [2.05, 4.69) is 22.8 Å². The van der Waals surface area contributed by atoms with Gasteiger partial charge in [-0.3, -0.25) is 0 Å². The molecule has 1 N–H and O–H groups in total. The first-order chi connectivity index (χ1) is 9.20. The van der Waals surface area contributed by atoms with Crippen molar-refractivity contribution in [2.24, 2.45) is 0 Å². The number of rotatable bonds is 6. The zero-order valence-corrected chi connectivity index (χ0v) is 13.2. The fourth-order valence-corrected chi connectivity index (χ4v) is 3.20. The largest absolute Gasteiger partial charge is 0.313 e. The first-order valence-corrected chi connectivity index (χ1v) is 7.99. The summed E-state index contributed by atoms with van der Waals surface area (Å²) < 4.78 is 0. The number of hydrogen-bond donors (Lipinski definition) is 1. The molecule has 0 aliphatic rings. The average molecular weight is 314 g/mol. The molecule has 4 heteroatoms. The van der Waals surface area contributed by atoms with E-state index in [1.165, 1.54) is 10.4 Å². The molecule has 2 rings (SSSR count). The van der Waals surface area contributed by atoms with Gasteiger partial charge in [-0.25, -0.2) is 0 Å². The van der Waals surface area contributed by atoms with Gasteiger partial charge in [0.25, 0.3) is 0 Å². The summed E-state index contributed by atoms with van der Waals surface area (Å²) in [4.78, 5) is 1.45. The summed E-state index contributed by atoms with van der Waals surface area (Å²) in [6, 6.07) is 10.5. The molecule has 1 nitrogen and oxygen atoms in total. The highest BCUT2D eigenvalue weighted by Crippen LogP contribution is 2.27. The van der Waals surface area contributed by atoms with Crippen LogP contribution in [0.5, 0.6) is 0 Å². The molecule has 0 saturated heterocycles. The van der Waals surface area contributed by atoms with E-state index in [0.717, 1.165) is 19.3 Å². The van der Waals surface area contributed by atoms with Crippen molar-refractivity contribution < 1.29 is 0 Å². The summed E-state index contributed by atoms with van der Waals surface area (Å²) in [6.07, 6.45) is 3.38. The predicted molar refractivity (Wildman–Crippen MR) is 85.5 cm³/mol. The molecule has 1 atom stereocenters. The van der Waals surface area contributed by atoms with Crippen molar-refractivity contribution in [3.8, 4) is 0 Å². The molecule has 1 aromatic carbocycles. The van der Waals surface area contributed by atoms with Crippen LogP contribution in [0.2, 0.25) is 10.0 Å². The number of halogens is 2. The first-order valence-electron chi connectivity index (χ1n) is 6.35. The molecule has 102 valence electrons. The van der Waals surface area contributed by atoms with Gasteiger partial charge in [0.15, 0.2) is 0 Å². The Morgan fingerprint density at radius 3 is 2.68 bits per heavy atom. The smallest absolute Gasteiger partial charge is 0.0595 e. The third-order valence-corrected chi connectivity index (χ3v) is 4.87. The summed E-state index contributed by atoms with van der Waals surface area (Å²) in [7, 11) is 1.98. The minimum Gasteiger partial charge on any atom is -0.313 e. The molecule has 1 heterocycles. The van der Waals surface area contributed by atoms with E-state index in [1.54, 1.807) is 0 Å². The Morgan fingerprint density at radius 1 is 1.21 bits per heavy atom. The molecule has 0 fully saturated rings. The van der Waals surface area contributed by atoms with E-state index in [1.807, 2.05) is 36.6 Å². The first kappa shape index (κ1) is 14.9. The van der Waals surface area contributed by atoms with E-state index in [4.69, 9.17) is 23.2 Å². The van der Waals surface area contributed by atoms with Crippen molar-refractivity contribution >= 4 is 34.5 Å². The maximum atomic E-state index is 6.07. The highest BCUT2D eigenvalue weighted by molar-refractivity contribution is 7.09. The molecule has 19 heavy (non-hydrogen) atoms. The van der Waals surface area contributed by atoms with Crippen molar-refractivity contribution in [2.75, 3.05) is 7.05 Å². The Bertz CT molecular complexity index is 511. The maximum Gasteiger partial charge on any atom is 0.0595 e. The second-order valence-corrected chi connectivity index (χ2v) is 6.33. The van der Waals surface area contributed by atoms with Crippen LogP contribution < -0.4 is 5.32 Å². The van der Waals surface area contributed by atoms with Crippen molar-refractivity contribution in [3.05, 3.63) is 56.2 Å². The lowest BCUT2D eigenvalue weighted by Gasteiger charge is -2.17. The van der Waals surface area contributed by atoms with Gasteiger partial charge in [0, 0.05) is 10.9 Å². The Kier molecular flexibility index (Phi) is 5.71. The van der Waals surface area contributed by atoms with Crippen LogP contribution in [0, 0.1) is 0 Å². The van der Waals surface area contributed by atoms with Gasteiger partial charge in [0.2, 0.25) is 0 Å². The van der Waals surface area contributed by atoms with Gasteiger partial charge in [0.05, 0.1) is 10.0 Å². The predicted octanol–water partition coefficient (Wildman–Crippen LogP) is 5.34. The summed E-state index contributed by atoms with van der Waals surface area (Å²) in [5.41, 5.74) is 1.20. The number of aryl methyl sites for hydroxylation is 1. The SMILES string of the molecule is CNC(CCCc1cccs1)c1ccc(Cl)c(Cl)c1. The maximum absolute atomic E-state index is 6.07. The molecular formula is C15H17Cl2NS. The lowest BCUT2D eigenvalue weighted by Crippen LogP contribution is -2.16. The van der Waals surface area contributed by atoms with Gasteiger partial charge < -0.3 is 5.32 Å². The van der Waals surface area contributed by atoms with Crippen LogP contribution in [0.25, 0.3) is 0 Å². The van der Waals surface area contributed by atoms with Crippen LogP contribution >= 0.6 is 34.5 Å². The van der Waals surface area contributed by atoms with Crippen molar-refractivity contribution in [1.82, 2.24) is 5.32 Å². The fraction of sp³-hybridized carbons (Fsp3) is 0.333. The van der Waals surface area contributed by atoms with Gasteiger partial charge in [0.1, 0.15) is 0 Å². The van der Waals surface area contributed by atoms with Crippen molar-refractivity contribution in [3.63, 3.8) is 0 Å². The highest BCUT2D eigenvalue weighted by atomic mass is 35.5. The Hall–Kier alpha value is -0.540. The fourth-order valence-electron chi connectivity index (χ4n) is 2.14. The standard InChI is InChI=1S/C15H17Cl2NS/c1-18-15(6-2-4-12-5-3-9-19-12)11-7-8-13(16)14(17)10-11/h3,5,7-10,15,18H,2,4,6H2,1H3. The third-order valence-electron chi connectivity index (χ3n) is 3.19. The van der Waals surface area contributed by atoms with E-state index in [9.17, 15) is 0 Å². The van der Waals surface area contributed by atoms with Crippen LogP contribution in [-0.2, 0) is 6.42 Å². The van der Waals surface area contributed by atoms with Crippen LogP contribution in [0.15, 0.2) is 35.7 Å². The van der Waals surface area contributed by atoms with Crippen LogP contribution in [-0.4, -0.2) is 7.05 Å². The van der Waals surface area contributed by atoms with Crippen LogP contribution in [0.4, 0.5) is 0 Å². The van der Waals surface area contributed by atoms with Gasteiger partial charge in [-0.1, -0.05) is 35.3 Å². The number of hydrogen-bond acceptors (Lipinski definition) is 2. The number of thiophene rings is 1. The molecule has 0 amide bonds. The van der Waals surface area contributed by atoms with Crippen molar-refractivity contribution in [2.45, 2.75) is 25.3 Å². The zero-order valence-electron chi connectivity index (χ0n) is 10.8. The minimum absolute atomic E-state index is 0.328. The summed E-state index contributed by atoms with van der Waals surface area (Å²) >= 11 is 13.8. The van der Waals surface area contributed by atoms with E-state index in [-0.39, 0.29) is 0 Å². The van der Waals surface area contributed by atoms with Crippen LogP contribution in [0.1, 0.15) is 29.3 Å². The molecule has 0 aliphatic heterocycles. The number of nitrogens with one attached hydrogen (secondary N) is 1. The van der Waals surface area contributed by atoms with Gasteiger partial charge in [-0.05, 0) is 55.5 Å². The molecular weight excluding hydrogens is 297 g/mol. The van der Waals surface area contributed by atoms with Crippen molar-refractivity contribution in [1.29, 1.82) is 0 Å². The second-order valence-electron chi connectivity index (χ2n) is 4.49. The molecule has 0 radical (unpaired) electrons. The summed E-state index contributed by atoms with van der Waals surface area (Å²) in [5.74, 6) is 0. The minimum atomic E-state index is 0.328. The lowest BCUT2D eigenvalue weighted by molar-refractivity contribution is 0.528. The molecule has 2 aromatic rings. The van der Waals surface area contributed by atoms with Gasteiger partial charge in [-0.2, -0.15) is 0 Å². The Morgan fingerprint density at radius 2 is 2.05 bits per heavy atom. The lowest BCUT2D eigenvalue weighted by atomic mass is 10.0. The summed E-state index contributed by atoms with van der Waals surface area (Å²) in [5, 5.41) is 6.71. The molecule has 0 spiro atoms. The molecule has 0 saturated carbocycles. The second kappa shape index (κ2) is 7.30. The van der Waals surface area contributed by atoms with E-state index in [0.29, 0.717) is 16.1 Å². The van der Waals surface area contributed by atoms with Gasteiger partial charge in [-0.15, -0.1) is 11.3 Å². The van der Waals surface area contributed by atoms with Crippen LogP contribution in [0.3, 0.4) is 0 Å². The zero-order chi connectivity index (χ0) is 13.7.